The minimum absolute atomic E-state index is 0.143. The SMILES string of the molecule is CCC(c1nc2ccccc2c(=O)n1-c1cccc(C)c1)N(CCc1ccccc1)C(=O)Nc1c(C(C)C)cccc1C(C)C. The topological polar surface area (TPSA) is 67.2 Å². The first-order chi connectivity index (χ1) is 21.7. The van der Waals surface area contributed by atoms with Gasteiger partial charge in [-0.1, -0.05) is 107 Å². The van der Waals surface area contributed by atoms with E-state index in [1.807, 2.05) is 78.6 Å². The molecule has 0 fully saturated rings. The van der Waals surface area contributed by atoms with Gasteiger partial charge in [-0.15, -0.1) is 0 Å². The predicted octanol–water partition coefficient (Wildman–Crippen LogP) is 9.17. The Morgan fingerprint density at radius 2 is 1.49 bits per heavy atom. The molecular weight excluding hydrogens is 556 g/mol. The third-order valence-corrected chi connectivity index (χ3v) is 8.47. The Bertz CT molecular complexity index is 1820. The second kappa shape index (κ2) is 13.9. The number of rotatable bonds is 10. The number of para-hydroxylation sites is 2. The van der Waals surface area contributed by atoms with E-state index in [2.05, 4.69) is 70.3 Å². The molecule has 0 spiro atoms. The molecule has 0 aliphatic heterocycles. The Hall–Kier alpha value is -4.71. The maximum absolute atomic E-state index is 14.6. The van der Waals surface area contributed by atoms with E-state index in [4.69, 9.17) is 4.98 Å². The first-order valence-corrected chi connectivity index (χ1v) is 16.0. The largest absolute Gasteiger partial charge is 0.322 e. The molecule has 1 unspecified atom stereocenters. The zero-order valence-corrected chi connectivity index (χ0v) is 27.2. The molecule has 1 heterocycles. The van der Waals surface area contributed by atoms with E-state index in [-0.39, 0.29) is 23.4 Å². The summed E-state index contributed by atoms with van der Waals surface area (Å²) in [6, 6.07) is 31.1. The van der Waals surface area contributed by atoms with Crippen molar-refractivity contribution in [2.24, 2.45) is 0 Å². The number of nitrogens with zero attached hydrogens (tertiary/aromatic N) is 3. The number of amides is 2. The van der Waals surface area contributed by atoms with Crippen LogP contribution in [0.25, 0.3) is 16.6 Å². The number of hydrogen-bond donors (Lipinski definition) is 1. The van der Waals surface area contributed by atoms with Crippen molar-refractivity contribution in [2.75, 3.05) is 11.9 Å². The van der Waals surface area contributed by atoms with Crippen molar-refractivity contribution in [3.05, 3.63) is 135 Å². The Kier molecular flexibility index (Phi) is 9.82. The van der Waals surface area contributed by atoms with Gasteiger partial charge in [-0.2, -0.15) is 0 Å². The lowest BCUT2D eigenvalue weighted by Gasteiger charge is -2.33. The maximum Gasteiger partial charge on any atom is 0.322 e. The van der Waals surface area contributed by atoms with Crippen LogP contribution in [0.15, 0.2) is 102 Å². The molecule has 45 heavy (non-hydrogen) atoms. The summed E-state index contributed by atoms with van der Waals surface area (Å²) in [7, 11) is 0. The van der Waals surface area contributed by atoms with Gasteiger partial charge in [-0.05, 0) is 78.1 Å². The predicted molar refractivity (Wildman–Crippen MR) is 186 cm³/mol. The molecular formula is C39H44N4O2. The molecule has 4 aromatic carbocycles. The maximum atomic E-state index is 14.6. The van der Waals surface area contributed by atoms with Crippen LogP contribution in [-0.4, -0.2) is 27.0 Å². The summed E-state index contributed by atoms with van der Waals surface area (Å²) in [5.74, 6) is 1.01. The van der Waals surface area contributed by atoms with Gasteiger partial charge in [0.25, 0.3) is 5.56 Å². The van der Waals surface area contributed by atoms with Gasteiger partial charge in [-0.3, -0.25) is 9.36 Å². The number of aromatic nitrogens is 2. The standard InChI is InChI=1S/C39H44N4O2/c1-7-35(37-40-34-22-12-11-19-33(34)38(44)43(37)30-18-13-15-28(6)25-30)42(24-23-29-16-9-8-10-17-29)39(45)41-36-31(26(2)3)20-14-21-32(36)27(4)5/h8-22,25-27,35H,7,23-24H2,1-6H3,(H,41,45). The van der Waals surface area contributed by atoms with E-state index in [1.165, 1.54) is 0 Å². The number of aryl methyl sites for hydroxylation is 1. The highest BCUT2D eigenvalue weighted by Gasteiger charge is 2.30. The molecule has 0 saturated heterocycles. The van der Waals surface area contributed by atoms with Crippen molar-refractivity contribution in [3.8, 4) is 5.69 Å². The van der Waals surface area contributed by atoms with Gasteiger partial charge in [0.1, 0.15) is 5.82 Å². The van der Waals surface area contributed by atoms with Gasteiger partial charge in [-0.25, -0.2) is 9.78 Å². The summed E-state index contributed by atoms with van der Waals surface area (Å²) in [6.07, 6.45) is 1.23. The lowest BCUT2D eigenvalue weighted by atomic mass is 9.92. The summed E-state index contributed by atoms with van der Waals surface area (Å²) in [6.45, 7) is 13.1. The van der Waals surface area contributed by atoms with E-state index in [1.54, 1.807) is 4.57 Å². The molecule has 5 rings (SSSR count). The van der Waals surface area contributed by atoms with E-state index in [9.17, 15) is 9.59 Å². The molecule has 1 N–H and O–H groups in total. The number of hydrogen-bond acceptors (Lipinski definition) is 3. The molecule has 1 atom stereocenters. The van der Waals surface area contributed by atoms with Crippen LogP contribution in [0.3, 0.4) is 0 Å². The zero-order valence-electron chi connectivity index (χ0n) is 27.2. The number of benzene rings is 4. The van der Waals surface area contributed by atoms with Crippen molar-refractivity contribution in [1.82, 2.24) is 14.5 Å². The summed E-state index contributed by atoms with van der Waals surface area (Å²) >= 11 is 0. The first kappa shape index (κ1) is 31.7. The molecule has 1 aromatic heterocycles. The van der Waals surface area contributed by atoms with E-state index >= 15 is 0 Å². The molecule has 0 radical (unpaired) electrons. The van der Waals surface area contributed by atoms with Crippen molar-refractivity contribution >= 4 is 22.6 Å². The molecule has 2 amide bonds. The monoisotopic (exact) mass is 600 g/mol. The molecule has 0 aliphatic carbocycles. The van der Waals surface area contributed by atoms with Gasteiger partial charge in [0.2, 0.25) is 0 Å². The van der Waals surface area contributed by atoms with Crippen LogP contribution in [0.4, 0.5) is 10.5 Å². The molecule has 0 bridgehead atoms. The summed E-state index contributed by atoms with van der Waals surface area (Å²) < 4.78 is 1.70. The minimum atomic E-state index is -0.472. The highest BCUT2D eigenvalue weighted by molar-refractivity contribution is 5.92. The number of urea groups is 1. The fraction of sp³-hybridized carbons (Fsp3) is 0.308. The average Bonchev–Trinajstić information content (AvgIpc) is 3.03. The molecule has 0 saturated carbocycles. The quantitative estimate of drug-likeness (QED) is 0.174. The van der Waals surface area contributed by atoms with Crippen LogP contribution in [0.1, 0.15) is 87.0 Å². The van der Waals surface area contributed by atoms with Gasteiger partial charge in [0.05, 0.1) is 22.6 Å². The Labute approximate surface area is 266 Å². The Balaban J connectivity index is 1.68. The van der Waals surface area contributed by atoms with E-state index in [0.29, 0.717) is 36.1 Å². The fourth-order valence-electron chi connectivity index (χ4n) is 6.10. The summed E-state index contributed by atoms with van der Waals surface area (Å²) in [5, 5.41) is 3.90. The third-order valence-electron chi connectivity index (χ3n) is 8.47. The highest BCUT2D eigenvalue weighted by Crippen LogP contribution is 2.34. The van der Waals surface area contributed by atoms with Gasteiger partial charge in [0, 0.05) is 12.2 Å². The van der Waals surface area contributed by atoms with Crippen molar-refractivity contribution < 1.29 is 4.79 Å². The molecule has 6 nitrogen and oxygen atoms in total. The number of carbonyl (C=O) groups excluding carboxylic acids is 1. The van der Waals surface area contributed by atoms with Crippen LogP contribution in [0.2, 0.25) is 0 Å². The zero-order chi connectivity index (χ0) is 32.1. The van der Waals surface area contributed by atoms with Crippen molar-refractivity contribution in [1.29, 1.82) is 0 Å². The van der Waals surface area contributed by atoms with Crippen LogP contribution in [0.5, 0.6) is 0 Å². The summed E-state index contributed by atoms with van der Waals surface area (Å²) in [4.78, 5) is 35.8. The van der Waals surface area contributed by atoms with Crippen LogP contribution < -0.4 is 10.9 Å². The normalized spacial score (nSPS) is 12.1. The lowest BCUT2D eigenvalue weighted by Crippen LogP contribution is -2.42. The average molecular weight is 601 g/mol. The van der Waals surface area contributed by atoms with Crippen molar-refractivity contribution in [2.45, 2.75) is 72.3 Å². The van der Waals surface area contributed by atoms with Crippen LogP contribution in [0, 0.1) is 6.92 Å². The number of fused-ring (bicyclic) bond motifs is 1. The molecule has 232 valence electrons. The number of anilines is 1. The van der Waals surface area contributed by atoms with E-state index < -0.39 is 6.04 Å². The molecule has 6 heteroatoms. The molecule has 0 aliphatic rings. The molecule has 5 aromatic rings. The van der Waals surface area contributed by atoms with E-state index in [0.717, 1.165) is 33.6 Å². The second-order valence-electron chi connectivity index (χ2n) is 12.4. The van der Waals surface area contributed by atoms with Crippen LogP contribution in [-0.2, 0) is 6.42 Å². The number of nitrogens with one attached hydrogen (secondary N) is 1. The second-order valence-corrected chi connectivity index (χ2v) is 12.4. The van der Waals surface area contributed by atoms with Gasteiger partial charge < -0.3 is 10.2 Å². The van der Waals surface area contributed by atoms with Gasteiger partial charge in [0.15, 0.2) is 0 Å². The third kappa shape index (κ3) is 6.85. The highest BCUT2D eigenvalue weighted by atomic mass is 16.2. The first-order valence-electron chi connectivity index (χ1n) is 16.0. The van der Waals surface area contributed by atoms with Crippen molar-refractivity contribution in [3.63, 3.8) is 0 Å². The smallest absolute Gasteiger partial charge is 0.314 e. The van der Waals surface area contributed by atoms with Gasteiger partial charge >= 0.3 is 6.03 Å². The minimum Gasteiger partial charge on any atom is -0.314 e. The summed E-state index contributed by atoms with van der Waals surface area (Å²) in [5.41, 5.74) is 6.47. The fourth-order valence-corrected chi connectivity index (χ4v) is 6.10. The van der Waals surface area contributed by atoms with Crippen LogP contribution >= 0.6 is 0 Å². The number of carbonyl (C=O) groups is 1. The Morgan fingerprint density at radius 1 is 0.844 bits per heavy atom. The Morgan fingerprint density at radius 3 is 2.13 bits per heavy atom. The lowest BCUT2D eigenvalue weighted by molar-refractivity contribution is 0.182.